The minimum Gasteiger partial charge on any atom is -0.480 e. The molecule has 5 nitrogen and oxygen atoms in total. The van der Waals surface area contributed by atoms with E-state index in [0.29, 0.717) is 11.8 Å². The molecule has 2 aliphatic rings. The number of allylic oxidation sites excluding steroid dienone is 4. The number of hydrogen-bond donors (Lipinski definition) is 1. The largest absolute Gasteiger partial charge is 0.480 e. The van der Waals surface area contributed by atoms with Gasteiger partial charge in [0.15, 0.2) is 5.65 Å². The standard InChI is InChI=1S/C32H34N4O/c1-22-10-5-3-8-13-25(20-22)27-21-28(37-2)35-36-30(24-11-6-4-7-12-24)29(34-31(27)36)23-14-16-26(17-15-23)32(33)18-9-19-32/h4,6-8,11-17,20-22H,3,5,9-10,18-19,33H2,1-2H3. The molecule has 0 bridgehead atoms. The van der Waals surface area contributed by atoms with Gasteiger partial charge >= 0.3 is 0 Å². The van der Waals surface area contributed by atoms with E-state index < -0.39 is 0 Å². The van der Waals surface area contributed by atoms with E-state index in [2.05, 4.69) is 73.7 Å². The second-order valence-corrected chi connectivity index (χ2v) is 10.5. The van der Waals surface area contributed by atoms with E-state index in [9.17, 15) is 0 Å². The predicted octanol–water partition coefficient (Wildman–Crippen LogP) is 7.17. The number of ether oxygens (including phenoxy) is 1. The normalized spacial score (nSPS) is 19.1. The zero-order valence-electron chi connectivity index (χ0n) is 21.7. The van der Waals surface area contributed by atoms with Crippen LogP contribution < -0.4 is 10.5 Å². The Hall–Kier alpha value is -3.70. The van der Waals surface area contributed by atoms with E-state index in [1.54, 1.807) is 7.11 Å². The lowest BCUT2D eigenvalue weighted by atomic mass is 9.72. The molecule has 0 radical (unpaired) electrons. The minimum atomic E-state index is -0.185. The van der Waals surface area contributed by atoms with Crippen LogP contribution in [0.25, 0.3) is 33.7 Å². The van der Waals surface area contributed by atoms with Gasteiger partial charge in [0.25, 0.3) is 0 Å². The summed E-state index contributed by atoms with van der Waals surface area (Å²) in [5, 5.41) is 4.87. The number of aromatic nitrogens is 3. The first-order valence-corrected chi connectivity index (χ1v) is 13.4. The number of nitrogens with two attached hydrogens (primary N) is 1. The fraction of sp³-hybridized carbons (Fsp3) is 0.312. The van der Waals surface area contributed by atoms with Crippen molar-refractivity contribution in [2.75, 3.05) is 7.11 Å². The Kier molecular flexibility index (Phi) is 6.17. The first-order chi connectivity index (χ1) is 18.1. The monoisotopic (exact) mass is 490 g/mol. The first-order valence-electron chi connectivity index (χ1n) is 13.4. The van der Waals surface area contributed by atoms with E-state index >= 15 is 0 Å². The highest BCUT2D eigenvalue weighted by Gasteiger charge is 2.34. The van der Waals surface area contributed by atoms with Gasteiger partial charge in [-0.15, -0.1) is 5.10 Å². The molecule has 0 aliphatic heterocycles. The molecule has 37 heavy (non-hydrogen) atoms. The topological polar surface area (TPSA) is 65.4 Å². The summed E-state index contributed by atoms with van der Waals surface area (Å²) in [7, 11) is 1.67. The molecule has 2 aromatic carbocycles. The highest BCUT2D eigenvalue weighted by atomic mass is 16.5. The number of rotatable bonds is 5. The lowest BCUT2D eigenvalue weighted by Gasteiger charge is -2.38. The van der Waals surface area contributed by atoms with Crippen LogP contribution in [0.15, 0.2) is 78.9 Å². The summed E-state index contributed by atoms with van der Waals surface area (Å²) in [5.41, 5.74) is 14.6. The van der Waals surface area contributed by atoms with Crippen molar-refractivity contribution in [2.45, 2.75) is 51.0 Å². The van der Waals surface area contributed by atoms with Crippen LogP contribution >= 0.6 is 0 Å². The maximum absolute atomic E-state index is 6.61. The number of benzene rings is 2. The van der Waals surface area contributed by atoms with E-state index in [4.69, 9.17) is 20.6 Å². The van der Waals surface area contributed by atoms with Crippen LogP contribution in [0.2, 0.25) is 0 Å². The molecule has 1 fully saturated rings. The van der Waals surface area contributed by atoms with Gasteiger partial charge in [-0.05, 0) is 55.6 Å². The molecular formula is C32H34N4O. The van der Waals surface area contributed by atoms with E-state index in [1.165, 1.54) is 30.4 Å². The Morgan fingerprint density at radius 2 is 1.78 bits per heavy atom. The van der Waals surface area contributed by atoms with Crippen molar-refractivity contribution in [3.8, 4) is 28.4 Å². The fourth-order valence-electron chi connectivity index (χ4n) is 5.57. The molecule has 2 N–H and O–H groups in total. The quantitative estimate of drug-likeness (QED) is 0.322. The van der Waals surface area contributed by atoms with Crippen LogP contribution in [0.3, 0.4) is 0 Å². The zero-order valence-corrected chi connectivity index (χ0v) is 21.7. The maximum atomic E-state index is 6.61. The number of fused-ring (bicyclic) bond motifs is 1. The summed E-state index contributed by atoms with van der Waals surface area (Å²) in [5.74, 6) is 1.06. The van der Waals surface area contributed by atoms with Crippen molar-refractivity contribution in [3.05, 3.63) is 90.0 Å². The Morgan fingerprint density at radius 3 is 2.49 bits per heavy atom. The zero-order chi connectivity index (χ0) is 25.4. The van der Waals surface area contributed by atoms with Gasteiger partial charge in [-0.1, -0.05) is 79.7 Å². The van der Waals surface area contributed by atoms with Crippen LogP contribution in [0, 0.1) is 5.92 Å². The van der Waals surface area contributed by atoms with E-state index in [1.807, 2.05) is 16.6 Å². The lowest BCUT2D eigenvalue weighted by molar-refractivity contribution is 0.253. The van der Waals surface area contributed by atoms with Gasteiger partial charge in [-0.3, -0.25) is 0 Å². The second-order valence-electron chi connectivity index (χ2n) is 10.5. The molecule has 2 aliphatic carbocycles. The Morgan fingerprint density at radius 1 is 1.00 bits per heavy atom. The molecular weight excluding hydrogens is 456 g/mol. The third-order valence-electron chi connectivity index (χ3n) is 7.90. The molecule has 5 heteroatoms. The Bertz CT molecular complexity index is 1480. The van der Waals surface area contributed by atoms with Crippen LogP contribution in [0.1, 0.15) is 56.6 Å². The van der Waals surface area contributed by atoms with Crippen LogP contribution in [0.5, 0.6) is 5.88 Å². The number of imidazole rings is 1. The molecule has 0 saturated heterocycles. The van der Waals surface area contributed by atoms with Crippen molar-refractivity contribution in [1.29, 1.82) is 0 Å². The fourth-order valence-corrected chi connectivity index (χ4v) is 5.57. The summed E-state index contributed by atoms with van der Waals surface area (Å²) in [6, 6.07) is 21.0. The summed E-state index contributed by atoms with van der Waals surface area (Å²) >= 11 is 0. The third-order valence-corrected chi connectivity index (χ3v) is 7.90. The summed E-state index contributed by atoms with van der Waals surface area (Å²) in [6.45, 7) is 2.29. The number of hydrogen-bond acceptors (Lipinski definition) is 4. The van der Waals surface area contributed by atoms with Crippen LogP contribution in [0.4, 0.5) is 0 Å². The number of methoxy groups -OCH3 is 1. The van der Waals surface area contributed by atoms with Crippen molar-refractivity contribution >= 4 is 11.2 Å². The van der Waals surface area contributed by atoms with Crippen molar-refractivity contribution in [1.82, 2.24) is 14.6 Å². The van der Waals surface area contributed by atoms with Gasteiger partial charge in [0.2, 0.25) is 5.88 Å². The van der Waals surface area contributed by atoms with E-state index in [-0.39, 0.29) is 5.54 Å². The van der Waals surface area contributed by atoms with Crippen LogP contribution in [-0.4, -0.2) is 21.7 Å². The number of nitrogens with zero attached hydrogens (tertiary/aromatic N) is 3. The van der Waals surface area contributed by atoms with Crippen molar-refractivity contribution < 1.29 is 4.74 Å². The summed E-state index contributed by atoms with van der Waals surface area (Å²) < 4.78 is 7.65. The molecule has 0 amide bonds. The average Bonchev–Trinajstić information content (AvgIpc) is 3.29. The molecule has 1 atom stereocenters. The van der Waals surface area contributed by atoms with Crippen molar-refractivity contribution in [2.24, 2.45) is 11.7 Å². The highest BCUT2D eigenvalue weighted by molar-refractivity contribution is 5.88. The highest BCUT2D eigenvalue weighted by Crippen LogP contribution is 2.41. The van der Waals surface area contributed by atoms with Gasteiger partial charge < -0.3 is 10.5 Å². The third kappa shape index (κ3) is 4.38. The minimum absolute atomic E-state index is 0.185. The summed E-state index contributed by atoms with van der Waals surface area (Å²) in [4.78, 5) is 5.25. The second kappa shape index (κ2) is 9.64. The van der Waals surface area contributed by atoms with Gasteiger partial charge in [0.05, 0.1) is 12.8 Å². The van der Waals surface area contributed by atoms with Gasteiger partial charge in [0, 0.05) is 28.3 Å². The molecule has 0 spiro atoms. The molecule has 4 aromatic rings. The average molecular weight is 491 g/mol. The lowest BCUT2D eigenvalue weighted by Crippen LogP contribution is -2.43. The van der Waals surface area contributed by atoms with Gasteiger partial charge in [0.1, 0.15) is 5.69 Å². The molecule has 188 valence electrons. The van der Waals surface area contributed by atoms with Gasteiger partial charge in [-0.2, -0.15) is 0 Å². The van der Waals surface area contributed by atoms with E-state index in [0.717, 1.165) is 53.0 Å². The molecule has 2 aromatic heterocycles. The molecule has 1 unspecified atom stereocenters. The van der Waals surface area contributed by atoms with Crippen LogP contribution in [-0.2, 0) is 5.54 Å². The molecule has 1 saturated carbocycles. The molecule has 2 heterocycles. The Labute approximate surface area is 218 Å². The smallest absolute Gasteiger partial charge is 0.232 e. The maximum Gasteiger partial charge on any atom is 0.232 e. The Balaban J connectivity index is 1.58. The molecule has 6 rings (SSSR count). The predicted molar refractivity (Wildman–Crippen MR) is 150 cm³/mol. The van der Waals surface area contributed by atoms with Crippen molar-refractivity contribution in [3.63, 3.8) is 0 Å². The van der Waals surface area contributed by atoms with Gasteiger partial charge in [-0.25, -0.2) is 9.50 Å². The first kappa shape index (κ1) is 23.7. The SMILES string of the molecule is COc1cc(C2=CC(C)CCCC=C2)c2nc(-c3ccc(C4(N)CCC4)cc3)c(-c3ccccc3)n2n1. The summed E-state index contributed by atoms with van der Waals surface area (Å²) in [6.07, 6.45) is 13.6.